The van der Waals surface area contributed by atoms with Crippen LogP contribution in [0.1, 0.15) is 13.8 Å². The molecule has 0 aliphatic heterocycles. The number of nitrogens with one attached hydrogen (secondary N) is 2. The fraction of sp³-hybridized carbons (Fsp3) is 1.00. The van der Waals surface area contributed by atoms with Gasteiger partial charge in [-0.1, -0.05) is 13.8 Å². The smallest absolute Gasteiger partial charge is 0.277 e. The maximum atomic E-state index is 11.2. The van der Waals surface area contributed by atoms with Gasteiger partial charge in [0.15, 0.2) is 0 Å². The van der Waals surface area contributed by atoms with Crippen molar-refractivity contribution in [2.75, 3.05) is 26.8 Å². The second kappa shape index (κ2) is 7.13. The summed E-state index contributed by atoms with van der Waals surface area (Å²) in [5.74, 6) is 0.0201. The molecule has 3 N–H and O–H groups in total. The first kappa shape index (κ1) is 14.8. The van der Waals surface area contributed by atoms with Crippen LogP contribution < -0.4 is 9.44 Å². The number of methoxy groups -OCH3 is 1. The van der Waals surface area contributed by atoms with Crippen LogP contribution in [-0.2, 0) is 14.9 Å². The Bertz CT molecular complexity index is 253. The van der Waals surface area contributed by atoms with Gasteiger partial charge in [0.2, 0.25) is 0 Å². The van der Waals surface area contributed by atoms with Gasteiger partial charge in [-0.3, -0.25) is 0 Å². The zero-order valence-electron chi connectivity index (χ0n) is 9.36. The molecule has 0 rings (SSSR count). The predicted molar refractivity (Wildman–Crippen MR) is 57.6 cm³/mol. The van der Waals surface area contributed by atoms with E-state index in [1.54, 1.807) is 0 Å². The Hall–Kier alpha value is -0.210. The normalized spacial score (nSPS) is 14.5. The summed E-state index contributed by atoms with van der Waals surface area (Å²) < 4.78 is 31.7. The number of ether oxygens (including phenoxy) is 1. The maximum absolute atomic E-state index is 11.2. The van der Waals surface area contributed by atoms with Crippen molar-refractivity contribution in [2.45, 2.75) is 20.0 Å². The molecule has 0 aromatic heterocycles. The summed E-state index contributed by atoms with van der Waals surface area (Å²) in [5.41, 5.74) is 0. The summed E-state index contributed by atoms with van der Waals surface area (Å²) in [7, 11) is -2.03. The number of aliphatic hydroxyl groups is 1. The van der Waals surface area contributed by atoms with Crippen LogP contribution in [0.2, 0.25) is 0 Å². The topological polar surface area (TPSA) is 87.7 Å². The standard InChI is InChI=1S/C8H20N2O4S/c1-7(2)8(11)6-10-15(12,13)9-4-5-14-3/h7-11H,4-6H2,1-3H3. The Morgan fingerprint density at radius 2 is 1.93 bits per heavy atom. The van der Waals surface area contributed by atoms with Crippen molar-refractivity contribution < 1.29 is 18.3 Å². The zero-order chi connectivity index (χ0) is 11.9. The van der Waals surface area contributed by atoms with Crippen LogP contribution >= 0.6 is 0 Å². The van der Waals surface area contributed by atoms with Gasteiger partial charge in [0, 0.05) is 20.2 Å². The first-order valence-corrected chi connectivity index (χ1v) is 6.28. The average Bonchev–Trinajstić information content (AvgIpc) is 2.14. The highest BCUT2D eigenvalue weighted by Crippen LogP contribution is 1.99. The molecule has 0 saturated carbocycles. The molecule has 0 spiro atoms. The first-order chi connectivity index (χ1) is 6.89. The third-order valence-electron chi connectivity index (χ3n) is 1.85. The van der Waals surface area contributed by atoms with E-state index in [0.29, 0.717) is 6.61 Å². The average molecular weight is 240 g/mol. The van der Waals surface area contributed by atoms with Crippen molar-refractivity contribution >= 4 is 10.2 Å². The number of hydrogen-bond donors (Lipinski definition) is 3. The Kier molecular flexibility index (Phi) is 7.03. The largest absolute Gasteiger partial charge is 0.391 e. The highest BCUT2D eigenvalue weighted by molar-refractivity contribution is 7.87. The number of rotatable bonds is 8. The molecule has 6 nitrogen and oxygen atoms in total. The van der Waals surface area contributed by atoms with Crippen molar-refractivity contribution in [3.63, 3.8) is 0 Å². The first-order valence-electron chi connectivity index (χ1n) is 4.80. The summed E-state index contributed by atoms with van der Waals surface area (Å²) in [6.07, 6.45) is -0.677. The maximum Gasteiger partial charge on any atom is 0.277 e. The highest BCUT2D eigenvalue weighted by Gasteiger charge is 2.14. The molecular formula is C8H20N2O4S. The monoisotopic (exact) mass is 240 g/mol. The Labute approximate surface area is 91.2 Å². The fourth-order valence-electron chi connectivity index (χ4n) is 0.760. The molecule has 0 aromatic rings. The molecule has 15 heavy (non-hydrogen) atoms. The van der Waals surface area contributed by atoms with Crippen molar-refractivity contribution in [2.24, 2.45) is 5.92 Å². The van der Waals surface area contributed by atoms with Gasteiger partial charge in [-0.2, -0.15) is 17.9 Å². The second-order valence-corrected chi connectivity index (χ2v) is 5.13. The van der Waals surface area contributed by atoms with Crippen molar-refractivity contribution in [1.82, 2.24) is 9.44 Å². The van der Waals surface area contributed by atoms with E-state index in [9.17, 15) is 13.5 Å². The van der Waals surface area contributed by atoms with Gasteiger partial charge in [0.05, 0.1) is 12.7 Å². The molecule has 0 saturated heterocycles. The number of hydrogen-bond acceptors (Lipinski definition) is 4. The highest BCUT2D eigenvalue weighted by atomic mass is 32.2. The molecule has 0 aliphatic rings. The lowest BCUT2D eigenvalue weighted by Crippen LogP contribution is -2.42. The second-order valence-electron chi connectivity index (χ2n) is 3.55. The lowest BCUT2D eigenvalue weighted by atomic mass is 10.1. The van der Waals surface area contributed by atoms with Gasteiger partial charge in [0.1, 0.15) is 0 Å². The third kappa shape index (κ3) is 7.69. The lowest BCUT2D eigenvalue weighted by Gasteiger charge is -2.15. The predicted octanol–water partition coefficient (Wildman–Crippen LogP) is -0.926. The van der Waals surface area contributed by atoms with Crippen molar-refractivity contribution in [3.05, 3.63) is 0 Å². The molecule has 0 heterocycles. The minimum Gasteiger partial charge on any atom is -0.391 e. The third-order valence-corrected chi connectivity index (χ3v) is 2.98. The Morgan fingerprint density at radius 1 is 1.33 bits per heavy atom. The molecule has 0 aromatic carbocycles. The zero-order valence-corrected chi connectivity index (χ0v) is 10.2. The summed E-state index contributed by atoms with van der Waals surface area (Å²) in [5, 5.41) is 9.38. The van der Waals surface area contributed by atoms with Gasteiger partial charge in [-0.15, -0.1) is 0 Å². The minimum atomic E-state index is -3.52. The summed E-state index contributed by atoms with van der Waals surface area (Å²) in [6, 6.07) is 0. The molecule has 0 bridgehead atoms. The van der Waals surface area contributed by atoms with Crippen LogP contribution in [0.4, 0.5) is 0 Å². The molecule has 7 heteroatoms. The van der Waals surface area contributed by atoms with Crippen LogP contribution in [0, 0.1) is 5.92 Å². The Morgan fingerprint density at radius 3 is 2.40 bits per heavy atom. The van der Waals surface area contributed by atoms with Gasteiger partial charge in [-0.05, 0) is 5.92 Å². The number of aliphatic hydroxyl groups excluding tert-OH is 1. The SMILES string of the molecule is COCCNS(=O)(=O)NCC(O)C(C)C. The van der Waals surface area contributed by atoms with Crippen LogP contribution in [0.25, 0.3) is 0 Å². The summed E-state index contributed by atoms with van der Waals surface area (Å²) >= 11 is 0. The van der Waals surface area contributed by atoms with Gasteiger partial charge >= 0.3 is 0 Å². The quantitative estimate of drug-likeness (QED) is 0.479. The van der Waals surface area contributed by atoms with E-state index in [2.05, 4.69) is 9.44 Å². The summed E-state index contributed by atoms with van der Waals surface area (Å²) in [4.78, 5) is 0. The van der Waals surface area contributed by atoms with Gasteiger partial charge < -0.3 is 9.84 Å². The van der Waals surface area contributed by atoms with E-state index in [0.717, 1.165) is 0 Å². The van der Waals surface area contributed by atoms with Crippen LogP contribution in [0.15, 0.2) is 0 Å². The van der Waals surface area contributed by atoms with E-state index in [4.69, 9.17) is 4.74 Å². The lowest BCUT2D eigenvalue weighted by molar-refractivity contribution is 0.129. The Balaban J connectivity index is 3.84. The van der Waals surface area contributed by atoms with Crippen LogP contribution in [0.3, 0.4) is 0 Å². The van der Waals surface area contributed by atoms with Gasteiger partial charge in [-0.25, -0.2) is 0 Å². The molecule has 1 atom stereocenters. The van der Waals surface area contributed by atoms with E-state index < -0.39 is 16.3 Å². The molecule has 1 unspecified atom stereocenters. The molecule has 92 valence electrons. The minimum absolute atomic E-state index is 0.0139. The van der Waals surface area contributed by atoms with E-state index in [1.807, 2.05) is 13.8 Å². The van der Waals surface area contributed by atoms with Crippen molar-refractivity contribution in [1.29, 1.82) is 0 Å². The fourth-order valence-corrected chi connectivity index (χ4v) is 1.60. The molecule has 0 radical (unpaired) electrons. The molecule has 0 fully saturated rings. The molecule has 0 aliphatic carbocycles. The van der Waals surface area contributed by atoms with Crippen LogP contribution in [0.5, 0.6) is 0 Å². The van der Waals surface area contributed by atoms with Crippen molar-refractivity contribution in [3.8, 4) is 0 Å². The van der Waals surface area contributed by atoms with Gasteiger partial charge in [0.25, 0.3) is 10.2 Å². The van der Waals surface area contributed by atoms with Crippen LogP contribution in [-0.4, -0.2) is 46.4 Å². The molecule has 0 amide bonds. The van der Waals surface area contributed by atoms with E-state index >= 15 is 0 Å². The van der Waals surface area contributed by atoms with E-state index in [1.165, 1.54) is 7.11 Å². The molecular weight excluding hydrogens is 220 g/mol. The summed E-state index contributed by atoms with van der Waals surface area (Å²) in [6.45, 7) is 4.17. The van der Waals surface area contributed by atoms with E-state index in [-0.39, 0.29) is 19.0 Å².